The Labute approximate surface area is 150 Å². The monoisotopic (exact) mass is 362 g/mol. The van der Waals surface area contributed by atoms with Crippen molar-refractivity contribution in [2.75, 3.05) is 19.7 Å². The van der Waals surface area contributed by atoms with Crippen molar-refractivity contribution in [2.45, 2.75) is 18.9 Å². The van der Waals surface area contributed by atoms with Crippen molar-refractivity contribution in [3.8, 4) is 5.75 Å². The third-order valence-corrected chi connectivity index (χ3v) is 4.42. The molecule has 1 aliphatic rings. The van der Waals surface area contributed by atoms with Crippen LogP contribution in [0.5, 0.6) is 5.75 Å². The summed E-state index contributed by atoms with van der Waals surface area (Å²) in [7, 11) is 0. The van der Waals surface area contributed by atoms with Gasteiger partial charge in [-0.2, -0.15) is 0 Å². The van der Waals surface area contributed by atoms with Crippen LogP contribution >= 0.6 is 11.6 Å². The highest BCUT2D eigenvalue weighted by Gasteiger charge is 2.25. The van der Waals surface area contributed by atoms with Gasteiger partial charge in [0.05, 0.1) is 16.8 Å². The normalized spacial score (nSPS) is 15.0. The molecule has 1 aromatic carbocycles. The molecular weight excluding hydrogens is 344 g/mol. The van der Waals surface area contributed by atoms with Crippen LogP contribution in [0.15, 0.2) is 47.3 Å². The Hall–Kier alpha value is -2.47. The molecule has 1 saturated heterocycles. The number of amides is 2. The van der Waals surface area contributed by atoms with Crippen LogP contribution in [-0.2, 0) is 4.79 Å². The number of para-hydroxylation sites is 1. The Bertz CT molecular complexity index is 724. The third kappa shape index (κ3) is 4.54. The van der Waals surface area contributed by atoms with Gasteiger partial charge in [-0.05, 0) is 31.0 Å². The quantitative estimate of drug-likeness (QED) is 0.887. The Morgan fingerprint density at radius 1 is 1.24 bits per heavy atom. The van der Waals surface area contributed by atoms with Crippen LogP contribution < -0.4 is 10.1 Å². The molecule has 1 aromatic heterocycles. The number of piperidine rings is 1. The van der Waals surface area contributed by atoms with Crippen LogP contribution in [0.25, 0.3) is 0 Å². The number of ether oxygens (including phenoxy) is 1. The molecule has 2 amide bonds. The maximum absolute atomic E-state index is 12.2. The number of carbonyl (C=O) groups is 2. The second-order valence-electron chi connectivity index (χ2n) is 5.87. The molecule has 0 saturated carbocycles. The van der Waals surface area contributed by atoms with Gasteiger partial charge in [0.2, 0.25) is 0 Å². The first-order valence-corrected chi connectivity index (χ1v) is 8.49. The van der Waals surface area contributed by atoms with E-state index < -0.39 is 0 Å². The van der Waals surface area contributed by atoms with E-state index >= 15 is 0 Å². The average Bonchev–Trinajstić information content (AvgIpc) is 3.16. The summed E-state index contributed by atoms with van der Waals surface area (Å²) in [6, 6.07) is 8.72. The maximum Gasteiger partial charge on any atom is 0.258 e. The largest absolute Gasteiger partial charge is 0.482 e. The van der Waals surface area contributed by atoms with Crippen molar-refractivity contribution in [3.05, 3.63) is 53.4 Å². The van der Waals surface area contributed by atoms with Crippen LogP contribution in [0.3, 0.4) is 0 Å². The first-order chi connectivity index (χ1) is 12.1. The minimum Gasteiger partial charge on any atom is -0.482 e. The number of nitrogens with zero attached hydrogens (tertiary/aromatic N) is 1. The van der Waals surface area contributed by atoms with Gasteiger partial charge in [0, 0.05) is 19.1 Å². The van der Waals surface area contributed by atoms with Crippen LogP contribution in [-0.4, -0.2) is 42.5 Å². The number of hydrogen-bond acceptors (Lipinski definition) is 4. The van der Waals surface area contributed by atoms with Crippen molar-refractivity contribution < 1.29 is 18.7 Å². The Balaban J connectivity index is 1.42. The van der Waals surface area contributed by atoms with Gasteiger partial charge in [-0.25, -0.2) is 0 Å². The first-order valence-electron chi connectivity index (χ1n) is 8.11. The lowest BCUT2D eigenvalue weighted by Crippen LogP contribution is -2.47. The standard InChI is InChI=1S/C18H19ClN2O4/c19-15-3-1-2-4-16(15)25-12-17(22)20-14-5-8-21(9-6-14)18(23)13-7-10-24-11-13/h1-4,7,10-11,14H,5-6,8-9,12H2,(H,20,22). The molecule has 0 bridgehead atoms. The van der Waals surface area contributed by atoms with Crippen LogP contribution in [0.4, 0.5) is 0 Å². The van der Waals surface area contributed by atoms with Gasteiger partial charge in [-0.15, -0.1) is 0 Å². The number of hydrogen-bond donors (Lipinski definition) is 1. The summed E-state index contributed by atoms with van der Waals surface area (Å²) >= 11 is 5.99. The fourth-order valence-electron chi connectivity index (χ4n) is 2.77. The molecule has 0 radical (unpaired) electrons. The first kappa shape index (κ1) is 17.4. The molecule has 2 aromatic rings. The smallest absolute Gasteiger partial charge is 0.258 e. The van der Waals surface area contributed by atoms with E-state index in [4.69, 9.17) is 20.8 Å². The minimum atomic E-state index is -0.195. The Morgan fingerprint density at radius 3 is 2.68 bits per heavy atom. The number of furan rings is 1. The predicted octanol–water partition coefficient (Wildman–Crippen LogP) is 2.73. The van der Waals surface area contributed by atoms with E-state index in [1.807, 2.05) is 0 Å². The molecule has 0 aliphatic carbocycles. The third-order valence-electron chi connectivity index (χ3n) is 4.11. The second kappa shape index (κ2) is 8.07. The van der Waals surface area contributed by atoms with Crippen LogP contribution in [0, 0.1) is 0 Å². The van der Waals surface area contributed by atoms with E-state index in [2.05, 4.69) is 5.32 Å². The highest BCUT2D eigenvalue weighted by molar-refractivity contribution is 6.32. The van der Waals surface area contributed by atoms with Gasteiger partial charge >= 0.3 is 0 Å². The van der Waals surface area contributed by atoms with Crippen LogP contribution in [0.1, 0.15) is 23.2 Å². The summed E-state index contributed by atoms with van der Waals surface area (Å²) in [5.41, 5.74) is 0.552. The fourth-order valence-corrected chi connectivity index (χ4v) is 2.96. The van der Waals surface area contributed by atoms with E-state index in [0.717, 1.165) is 0 Å². The fraction of sp³-hybridized carbons (Fsp3) is 0.333. The molecule has 1 N–H and O–H groups in total. The summed E-state index contributed by atoms with van der Waals surface area (Å²) in [5.74, 6) is 0.250. The van der Waals surface area contributed by atoms with Gasteiger partial charge in [-0.3, -0.25) is 9.59 Å². The van der Waals surface area contributed by atoms with Gasteiger partial charge in [0.25, 0.3) is 11.8 Å². The molecule has 0 unspecified atom stereocenters. The van der Waals surface area contributed by atoms with Crippen molar-refractivity contribution in [2.24, 2.45) is 0 Å². The van der Waals surface area contributed by atoms with Crippen molar-refractivity contribution in [1.82, 2.24) is 10.2 Å². The molecule has 1 aliphatic heterocycles. The van der Waals surface area contributed by atoms with Gasteiger partial charge in [0.1, 0.15) is 12.0 Å². The molecule has 6 nitrogen and oxygen atoms in total. The molecular formula is C18H19ClN2O4. The minimum absolute atomic E-state index is 0.0377. The summed E-state index contributed by atoms with van der Waals surface area (Å²) in [4.78, 5) is 26.0. The molecule has 0 atom stereocenters. The molecule has 25 heavy (non-hydrogen) atoms. The topological polar surface area (TPSA) is 71.8 Å². The van der Waals surface area contributed by atoms with Crippen molar-refractivity contribution in [3.63, 3.8) is 0 Å². The van der Waals surface area contributed by atoms with Crippen molar-refractivity contribution >= 4 is 23.4 Å². The molecule has 2 heterocycles. The van der Waals surface area contributed by atoms with Gasteiger partial charge in [0.15, 0.2) is 6.61 Å². The molecule has 132 valence electrons. The lowest BCUT2D eigenvalue weighted by atomic mass is 10.0. The Kier molecular flexibility index (Phi) is 5.60. The molecule has 7 heteroatoms. The molecule has 1 fully saturated rings. The van der Waals surface area contributed by atoms with E-state index in [-0.39, 0.29) is 24.5 Å². The number of carbonyl (C=O) groups excluding carboxylic acids is 2. The SMILES string of the molecule is O=C(COc1ccccc1Cl)NC1CCN(C(=O)c2ccoc2)CC1. The average molecular weight is 363 g/mol. The van der Waals surface area contributed by atoms with Crippen molar-refractivity contribution in [1.29, 1.82) is 0 Å². The number of rotatable bonds is 5. The number of likely N-dealkylation sites (tertiary alicyclic amines) is 1. The van der Waals surface area contributed by atoms with E-state index in [0.29, 0.717) is 42.3 Å². The zero-order chi connectivity index (χ0) is 17.6. The zero-order valence-corrected chi connectivity index (χ0v) is 14.4. The lowest BCUT2D eigenvalue weighted by molar-refractivity contribution is -0.124. The highest BCUT2D eigenvalue weighted by atomic mass is 35.5. The van der Waals surface area contributed by atoms with E-state index in [9.17, 15) is 9.59 Å². The zero-order valence-electron chi connectivity index (χ0n) is 13.6. The van der Waals surface area contributed by atoms with Gasteiger partial charge < -0.3 is 19.4 Å². The molecule has 3 rings (SSSR count). The summed E-state index contributed by atoms with van der Waals surface area (Å²) < 4.78 is 10.4. The molecule has 0 spiro atoms. The Morgan fingerprint density at radius 2 is 2.00 bits per heavy atom. The summed E-state index contributed by atoms with van der Waals surface area (Å²) in [6.45, 7) is 1.11. The lowest BCUT2D eigenvalue weighted by Gasteiger charge is -2.32. The maximum atomic E-state index is 12.2. The summed E-state index contributed by atoms with van der Waals surface area (Å²) in [6.07, 6.45) is 4.35. The van der Waals surface area contributed by atoms with Gasteiger partial charge in [-0.1, -0.05) is 23.7 Å². The number of nitrogens with one attached hydrogen (secondary N) is 1. The van der Waals surface area contributed by atoms with E-state index in [1.54, 1.807) is 35.2 Å². The second-order valence-corrected chi connectivity index (χ2v) is 6.27. The van der Waals surface area contributed by atoms with E-state index in [1.165, 1.54) is 12.5 Å². The summed E-state index contributed by atoms with van der Waals surface area (Å²) in [5, 5.41) is 3.41. The van der Waals surface area contributed by atoms with Crippen LogP contribution in [0.2, 0.25) is 5.02 Å². The number of benzene rings is 1. The number of halogens is 1. The predicted molar refractivity (Wildman–Crippen MR) is 92.7 cm³/mol. The highest BCUT2D eigenvalue weighted by Crippen LogP contribution is 2.23.